The Morgan fingerprint density at radius 2 is 1.97 bits per heavy atom. The van der Waals surface area contributed by atoms with E-state index in [0.717, 1.165) is 55.5 Å². The van der Waals surface area contributed by atoms with Crippen LogP contribution in [-0.2, 0) is 16.0 Å². The number of nitrogens with zero attached hydrogens (tertiary/aromatic N) is 3. The maximum absolute atomic E-state index is 13.6. The van der Waals surface area contributed by atoms with Crippen LogP contribution in [0.1, 0.15) is 93.3 Å². The first-order valence-corrected chi connectivity index (χ1v) is 15.1. The minimum absolute atomic E-state index is 0.0188. The van der Waals surface area contributed by atoms with E-state index in [1.165, 1.54) is 4.88 Å². The summed E-state index contributed by atoms with van der Waals surface area (Å²) in [6.07, 6.45) is 5.73. The molecule has 0 saturated carbocycles. The third-order valence-corrected chi connectivity index (χ3v) is 8.74. The number of imidazole rings is 1. The third-order valence-electron chi connectivity index (χ3n) is 7.86. The van der Waals surface area contributed by atoms with Gasteiger partial charge in [0.1, 0.15) is 5.82 Å². The highest BCUT2D eigenvalue weighted by molar-refractivity contribution is 7.09. The molecule has 2 atom stereocenters. The Labute approximate surface area is 231 Å². The lowest BCUT2D eigenvalue weighted by atomic mass is 9.89. The fourth-order valence-corrected chi connectivity index (χ4v) is 6.69. The van der Waals surface area contributed by atoms with Crippen LogP contribution < -0.4 is 0 Å². The van der Waals surface area contributed by atoms with Crippen LogP contribution in [0.2, 0.25) is 0 Å². The van der Waals surface area contributed by atoms with Crippen molar-refractivity contribution in [3.8, 4) is 0 Å². The molecule has 206 valence electrons. The molecule has 0 unspecified atom stereocenters. The maximum atomic E-state index is 13.6. The monoisotopic (exact) mass is 537 g/mol. The Kier molecular flexibility index (Phi) is 9.77. The van der Waals surface area contributed by atoms with Crippen molar-refractivity contribution in [3.63, 3.8) is 0 Å². The number of likely N-dealkylation sites (tertiary alicyclic amines) is 1. The van der Waals surface area contributed by atoms with Gasteiger partial charge in [0.25, 0.3) is 0 Å². The zero-order valence-electron chi connectivity index (χ0n) is 23.6. The second-order valence-electron chi connectivity index (χ2n) is 11.1. The van der Waals surface area contributed by atoms with Gasteiger partial charge in [-0.1, -0.05) is 33.8 Å². The van der Waals surface area contributed by atoms with Gasteiger partial charge in [0.2, 0.25) is 5.91 Å². The summed E-state index contributed by atoms with van der Waals surface area (Å²) in [5.41, 5.74) is 2.59. The number of hydrogen-bond acceptors (Lipinski definition) is 5. The number of methoxy groups -OCH3 is 1. The lowest BCUT2D eigenvalue weighted by molar-refractivity contribution is -0.137. The molecule has 4 rings (SSSR count). The molecule has 38 heavy (non-hydrogen) atoms. The number of hydrogen-bond donors (Lipinski definition) is 0. The van der Waals surface area contributed by atoms with Crippen LogP contribution in [-0.4, -0.2) is 52.4 Å². The summed E-state index contributed by atoms with van der Waals surface area (Å²) >= 11 is 1.75. The van der Waals surface area contributed by atoms with Crippen LogP contribution in [0.4, 0.5) is 0 Å². The van der Waals surface area contributed by atoms with Gasteiger partial charge >= 0.3 is 0 Å². The van der Waals surface area contributed by atoms with E-state index in [4.69, 9.17) is 9.72 Å². The average molecular weight is 538 g/mol. The first kappa shape index (κ1) is 28.5. The van der Waals surface area contributed by atoms with E-state index >= 15 is 0 Å². The van der Waals surface area contributed by atoms with Gasteiger partial charge < -0.3 is 14.2 Å². The summed E-state index contributed by atoms with van der Waals surface area (Å²) in [5.74, 6) is 1.19. The first-order chi connectivity index (χ1) is 18.4. The zero-order chi connectivity index (χ0) is 27.2. The highest BCUT2D eigenvalue weighted by atomic mass is 32.1. The summed E-state index contributed by atoms with van der Waals surface area (Å²) in [7, 11) is 1.68. The average Bonchev–Trinajstić information content (AvgIpc) is 3.65. The van der Waals surface area contributed by atoms with Crippen molar-refractivity contribution < 1.29 is 14.3 Å². The smallest absolute Gasteiger partial charge is 0.226 e. The third kappa shape index (κ3) is 6.37. The quantitative estimate of drug-likeness (QED) is 0.222. The molecule has 1 fully saturated rings. The molecular weight excluding hydrogens is 494 g/mol. The summed E-state index contributed by atoms with van der Waals surface area (Å²) in [6.45, 7) is 9.98. The maximum Gasteiger partial charge on any atom is 0.226 e. The molecule has 0 bridgehead atoms. The van der Waals surface area contributed by atoms with Crippen LogP contribution in [0.25, 0.3) is 11.0 Å². The number of aromatic nitrogens is 2. The van der Waals surface area contributed by atoms with Crippen molar-refractivity contribution in [2.24, 2.45) is 11.8 Å². The molecule has 2 aromatic heterocycles. The largest absolute Gasteiger partial charge is 0.383 e. The van der Waals surface area contributed by atoms with E-state index in [1.54, 1.807) is 18.4 Å². The molecule has 0 radical (unpaired) electrons. The van der Waals surface area contributed by atoms with Gasteiger partial charge in [0.05, 0.1) is 23.7 Å². The molecule has 1 saturated heterocycles. The van der Waals surface area contributed by atoms with Crippen molar-refractivity contribution in [2.45, 2.75) is 84.7 Å². The van der Waals surface area contributed by atoms with E-state index in [1.807, 2.05) is 17.0 Å². The number of ketones is 1. The van der Waals surface area contributed by atoms with E-state index in [2.05, 4.69) is 55.8 Å². The summed E-state index contributed by atoms with van der Waals surface area (Å²) in [4.78, 5) is 35.4. The Hall–Kier alpha value is -2.51. The number of Topliss-reactive ketones (excluding diaryl/α,β-unsaturated/α-hetero) is 1. The SMILES string of the molecule is CCC(CC)n1c(Cc2cccs2)nc2cc(C(=O)C[C@@H](CC(C)C)C(=O)N3CCC[C@@H]3COC)ccc21. The number of carbonyl (C=O) groups is 2. The Morgan fingerprint density at radius 3 is 2.63 bits per heavy atom. The number of rotatable bonds is 13. The first-order valence-electron chi connectivity index (χ1n) is 14.2. The summed E-state index contributed by atoms with van der Waals surface area (Å²) in [5, 5.41) is 2.10. The van der Waals surface area contributed by atoms with E-state index in [-0.39, 0.29) is 30.1 Å². The van der Waals surface area contributed by atoms with E-state index in [9.17, 15) is 9.59 Å². The standard InChI is InChI=1S/C31H43N3O3S/c1-6-24(7-2)34-28-13-12-22(17-27(28)32-30(34)19-26-11-9-15-38-26)29(35)18-23(16-21(3)4)31(36)33-14-8-10-25(33)20-37-5/h9,11-13,15,17,21,23-25H,6-8,10,14,16,18-20H2,1-5H3/t23-,25-/m1/s1. The number of ether oxygens (including phenoxy) is 1. The van der Waals surface area contributed by atoms with Crippen LogP contribution in [0.3, 0.4) is 0 Å². The highest BCUT2D eigenvalue weighted by Crippen LogP contribution is 2.30. The normalized spacial score (nSPS) is 16.7. The van der Waals surface area contributed by atoms with Crippen molar-refractivity contribution in [1.29, 1.82) is 0 Å². The minimum Gasteiger partial charge on any atom is -0.383 e. The second kappa shape index (κ2) is 13.0. The van der Waals surface area contributed by atoms with Crippen molar-refractivity contribution >= 4 is 34.1 Å². The molecule has 1 aromatic carbocycles. The summed E-state index contributed by atoms with van der Waals surface area (Å²) in [6, 6.07) is 10.6. The van der Waals surface area contributed by atoms with Gasteiger partial charge in [0.15, 0.2) is 5.78 Å². The molecule has 1 amide bonds. The number of benzene rings is 1. The second-order valence-corrected chi connectivity index (χ2v) is 12.1. The molecule has 0 aliphatic carbocycles. The van der Waals surface area contributed by atoms with E-state index < -0.39 is 0 Å². The number of fused-ring (bicyclic) bond motifs is 1. The van der Waals surface area contributed by atoms with E-state index in [0.29, 0.717) is 30.6 Å². The Bertz CT molecular complexity index is 1210. The minimum atomic E-state index is -0.313. The number of amides is 1. The van der Waals surface area contributed by atoms with Gasteiger partial charge in [-0.3, -0.25) is 9.59 Å². The molecule has 3 heterocycles. The van der Waals surface area contributed by atoms with Gasteiger partial charge in [-0.2, -0.15) is 0 Å². The van der Waals surface area contributed by atoms with Gasteiger partial charge in [0, 0.05) is 48.9 Å². The van der Waals surface area contributed by atoms with Gasteiger partial charge in [-0.05, 0) is 67.7 Å². The zero-order valence-corrected chi connectivity index (χ0v) is 24.4. The Morgan fingerprint density at radius 1 is 1.18 bits per heavy atom. The predicted octanol–water partition coefficient (Wildman–Crippen LogP) is 6.92. The lowest BCUT2D eigenvalue weighted by Gasteiger charge is -2.29. The molecule has 0 spiro atoms. The predicted molar refractivity (Wildman–Crippen MR) is 155 cm³/mol. The van der Waals surface area contributed by atoms with Crippen molar-refractivity contribution in [2.75, 3.05) is 20.3 Å². The molecule has 1 aliphatic heterocycles. The fraction of sp³-hybridized carbons (Fsp3) is 0.581. The lowest BCUT2D eigenvalue weighted by Crippen LogP contribution is -2.42. The highest BCUT2D eigenvalue weighted by Gasteiger charge is 2.34. The topological polar surface area (TPSA) is 64.4 Å². The summed E-state index contributed by atoms with van der Waals surface area (Å²) < 4.78 is 7.74. The van der Waals surface area contributed by atoms with Gasteiger partial charge in [-0.25, -0.2) is 4.98 Å². The van der Waals surface area contributed by atoms with Crippen LogP contribution in [0.5, 0.6) is 0 Å². The van der Waals surface area contributed by atoms with Crippen LogP contribution in [0.15, 0.2) is 35.7 Å². The van der Waals surface area contributed by atoms with Gasteiger partial charge in [-0.15, -0.1) is 11.3 Å². The molecule has 7 heteroatoms. The van der Waals surface area contributed by atoms with Crippen molar-refractivity contribution in [1.82, 2.24) is 14.5 Å². The van der Waals surface area contributed by atoms with Crippen molar-refractivity contribution in [3.05, 3.63) is 52.0 Å². The van der Waals surface area contributed by atoms with Crippen LogP contribution >= 0.6 is 11.3 Å². The Balaban J connectivity index is 1.60. The molecular formula is C31H43N3O3S. The number of thiophene rings is 1. The molecule has 3 aromatic rings. The molecule has 6 nitrogen and oxygen atoms in total. The number of carbonyl (C=O) groups excluding carboxylic acids is 2. The fourth-order valence-electron chi connectivity index (χ4n) is 5.99. The van der Waals surface area contributed by atoms with Crippen LogP contribution in [0, 0.1) is 11.8 Å². The molecule has 1 aliphatic rings. The molecule has 0 N–H and O–H groups in total.